The number of nitrogens with one attached hydrogen (secondary N) is 1. The molecule has 0 radical (unpaired) electrons. The predicted octanol–water partition coefficient (Wildman–Crippen LogP) is 6.35. The fourth-order valence-corrected chi connectivity index (χ4v) is 3.78. The fraction of sp³-hybridized carbons (Fsp3) is 0.833. The van der Waals surface area contributed by atoms with Gasteiger partial charge in [-0.1, -0.05) is 6.58 Å². The molecule has 0 saturated carbocycles. The zero-order valence-corrected chi connectivity index (χ0v) is 21.6. The highest BCUT2D eigenvalue weighted by Gasteiger charge is 2.97. The number of hydrogen-bond acceptors (Lipinski definition) is 5. The molecule has 0 rings (SSSR count). The molecule has 0 atom stereocenters. The van der Waals surface area contributed by atoms with Gasteiger partial charge < -0.3 is 10.1 Å². The molecular formula is C18H14F21NO4S. The maximum atomic E-state index is 13.9. The van der Waals surface area contributed by atoms with Crippen molar-refractivity contribution < 1.29 is 110 Å². The van der Waals surface area contributed by atoms with Gasteiger partial charge in [0, 0.05) is 19.0 Å². The second-order valence-electron chi connectivity index (χ2n) is 8.51. The summed E-state index contributed by atoms with van der Waals surface area (Å²) in [5.41, 5.74) is 0. The van der Waals surface area contributed by atoms with Crippen LogP contribution in [0, 0.1) is 0 Å². The summed E-state index contributed by atoms with van der Waals surface area (Å²) in [5, 5.41) is 1.78. The molecule has 0 aromatic rings. The summed E-state index contributed by atoms with van der Waals surface area (Å²) in [7, 11) is -5.21. The Morgan fingerprint density at radius 3 is 1.27 bits per heavy atom. The minimum atomic E-state index is -9.29. The first-order chi connectivity index (χ1) is 19.4. The van der Waals surface area contributed by atoms with E-state index in [-0.39, 0.29) is 0 Å². The summed E-state index contributed by atoms with van der Waals surface area (Å²) in [6.45, 7) is 1.60. The third-order valence-corrected chi connectivity index (χ3v) is 6.78. The van der Waals surface area contributed by atoms with Gasteiger partial charge in [-0.15, -0.1) is 0 Å². The van der Waals surface area contributed by atoms with Crippen LogP contribution < -0.4 is 5.32 Å². The van der Waals surface area contributed by atoms with Crippen molar-refractivity contribution in [1.29, 1.82) is 0 Å². The Hall–Kier alpha value is -2.35. The first-order valence-electron chi connectivity index (χ1n) is 10.6. The van der Waals surface area contributed by atoms with Crippen molar-refractivity contribution in [3.05, 3.63) is 12.7 Å². The third kappa shape index (κ3) is 7.01. The van der Waals surface area contributed by atoms with Crippen LogP contribution in [0.2, 0.25) is 0 Å². The zero-order valence-electron chi connectivity index (χ0n) is 20.8. The second kappa shape index (κ2) is 12.4. The number of carbonyl (C=O) groups is 1. The lowest BCUT2D eigenvalue weighted by atomic mass is 9.86. The van der Waals surface area contributed by atoms with Crippen molar-refractivity contribution in [1.82, 2.24) is 5.32 Å². The molecule has 0 fully saturated rings. The first-order valence-corrected chi connectivity index (χ1v) is 12.4. The van der Waals surface area contributed by atoms with Crippen molar-refractivity contribution >= 4 is 15.8 Å². The van der Waals surface area contributed by atoms with Gasteiger partial charge >= 0.3 is 65.4 Å². The molecule has 5 nitrogen and oxygen atoms in total. The van der Waals surface area contributed by atoms with Crippen molar-refractivity contribution in [3.8, 4) is 0 Å². The summed E-state index contributed by atoms with van der Waals surface area (Å²) in [6, 6.07) is 0. The molecule has 0 saturated heterocycles. The Balaban J connectivity index is 6.43. The van der Waals surface area contributed by atoms with Gasteiger partial charge in [0.15, 0.2) is 9.84 Å². The number of halogens is 21. The van der Waals surface area contributed by atoms with Crippen LogP contribution in [0.15, 0.2) is 12.7 Å². The normalized spacial score (nSPS) is 15.7. The lowest BCUT2D eigenvalue weighted by molar-refractivity contribution is -0.474. The van der Waals surface area contributed by atoms with Gasteiger partial charge in [0.25, 0.3) is 0 Å². The Kier molecular flexibility index (Phi) is 11.7. The van der Waals surface area contributed by atoms with E-state index in [1.54, 1.807) is 5.32 Å². The van der Waals surface area contributed by atoms with Crippen molar-refractivity contribution in [3.63, 3.8) is 0 Å². The molecule has 45 heavy (non-hydrogen) atoms. The van der Waals surface area contributed by atoms with Crippen LogP contribution in [-0.2, 0) is 19.4 Å². The van der Waals surface area contributed by atoms with Gasteiger partial charge in [-0.25, -0.2) is 13.2 Å². The molecule has 0 aliphatic heterocycles. The fourth-order valence-electron chi connectivity index (χ4n) is 2.61. The topological polar surface area (TPSA) is 72.5 Å². The van der Waals surface area contributed by atoms with Gasteiger partial charge in [-0.3, -0.25) is 0 Å². The lowest BCUT2D eigenvalue weighted by Gasteiger charge is -2.44. The number of ether oxygens (including phenoxy) is 1. The van der Waals surface area contributed by atoms with E-state index in [1.165, 1.54) is 0 Å². The number of rotatable bonds is 17. The van der Waals surface area contributed by atoms with Crippen LogP contribution >= 0.6 is 0 Å². The number of esters is 1. The van der Waals surface area contributed by atoms with Gasteiger partial charge in [0.1, 0.15) is 6.61 Å². The SMILES string of the molecule is C=CC(=O)OCCNCS(=O)(=O)CCC(F)(F)C(F)(F)C(F)(F)C(F)(F)C(F)(F)C(F)(F)C(F)(F)C(F)(F)C(F)(F)C(F)(F)F. The molecule has 1 N–H and O–H groups in total. The molecule has 0 aromatic heterocycles. The van der Waals surface area contributed by atoms with E-state index < -0.39 is 106 Å². The largest absolute Gasteiger partial charge is 0.461 e. The smallest absolute Gasteiger partial charge is 0.460 e. The standard InChI is InChI=1S/C18H14F21NO4S/c1-2-8(41)44-5-4-40-7-45(42,43)6-3-9(19,20)10(21,22)11(23,24)12(25,26)13(27,28)14(29,30)15(31,32)16(33,34)17(35,36)18(37,38)39/h2,40H,1,3-7H2. The summed E-state index contributed by atoms with van der Waals surface area (Å²) < 4.78 is 308. The minimum absolute atomic E-state index is 0.600. The highest BCUT2D eigenvalue weighted by molar-refractivity contribution is 7.91. The van der Waals surface area contributed by atoms with Gasteiger partial charge in [-0.2, -0.15) is 92.2 Å². The minimum Gasteiger partial charge on any atom is -0.461 e. The molecule has 0 unspecified atom stereocenters. The van der Waals surface area contributed by atoms with E-state index in [2.05, 4.69) is 11.3 Å². The molecule has 27 heteroatoms. The monoisotopic (exact) mass is 739 g/mol. The second-order valence-corrected chi connectivity index (χ2v) is 10.7. The van der Waals surface area contributed by atoms with Crippen molar-refractivity contribution in [2.24, 2.45) is 0 Å². The number of hydrogen-bond donors (Lipinski definition) is 1. The van der Waals surface area contributed by atoms with E-state index in [0.29, 0.717) is 6.08 Å². The molecule has 0 aliphatic rings. The van der Waals surface area contributed by atoms with Crippen LogP contribution in [0.25, 0.3) is 0 Å². The van der Waals surface area contributed by atoms with E-state index in [0.717, 1.165) is 0 Å². The summed E-state index contributed by atoms with van der Waals surface area (Å²) >= 11 is 0. The molecular weight excluding hydrogens is 725 g/mol. The van der Waals surface area contributed by atoms with Crippen molar-refractivity contribution in [2.45, 2.75) is 65.9 Å². The number of sulfone groups is 1. The Morgan fingerprint density at radius 1 is 0.600 bits per heavy atom. The molecule has 0 bridgehead atoms. The van der Waals surface area contributed by atoms with Crippen LogP contribution in [0.1, 0.15) is 6.42 Å². The lowest BCUT2D eigenvalue weighted by Crippen LogP contribution is -2.76. The molecule has 0 amide bonds. The van der Waals surface area contributed by atoms with Crippen LogP contribution in [0.5, 0.6) is 0 Å². The quantitative estimate of drug-likeness (QED) is 0.0816. The Bertz CT molecular complexity index is 1180. The average Bonchev–Trinajstić information content (AvgIpc) is 2.85. The van der Waals surface area contributed by atoms with Crippen LogP contribution in [0.4, 0.5) is 92.2 Å². The highest BCUT2D eigenvalue weighted by atomic mass is 32.2. The van der Waals surface area contributed by atoms with E-state index in [1.807, 2.05) is 0 Å². The zero-order chi connectivity index (χ0) is 36.7. The van der Waals surface area contributed by atoms with Gasteiger partial charge in [0.05, 0.1) is 11.6 Å². The molecule has 0 aliphatic carbocycles. The predicted molar refractivity (Wildman–Crippen MR) is 103 cm³/mol. The van der Waals surface area contributed by atoms with E-state index >= 15 is 0 Å². The van der Waals surface area contributed by atoms with Crippen molar-refractivity contribution in [2.75, 3.05) is 24.8 Å². The van der Waals surface area contributed by atoms with Gasteiger partial charge in [0.2, 0.25) is 0 Å². The maximum Gasteiger partial charge on any atom is 0.460 e. The molecule has 0 aromatic carbocycles. The molecule has 0 spiro atoms. The summed E-state index contributed by atoms with van der Waals surface area (Å²) in [5.74, 6) is -83.5. The van der Waals surface area contributed by atoms with E-state index in [9.17, 15) is 105 Å². The third-order valence-electron chi connectivity index (χ3n) is 5.31. The van der Waals surface area contributed by atoms with Crippen LogP contribution in [0.3, 0.4) is 0 Å². The van der Waals surface area contributed by atoms with Gasteiger partial charge in [-0.05, 0) is 0 Å². The number of alkyl halides is 21. The van der Waals surface area contributed by atoms with E-state index in [4.69, 9.17) is 0 Å². The highest BCUT2D eigenvalue weighted by Crippen LogP contribution is 2.66. The molecule has 0 heterocycles. The Morgan fingerprint density at radius 2 is 0.933 bits per heavy atom. The average molecular weight is 739 g/mol. The maximum absolute atomic E-state index is 13.9. The molecule has 268 valence electrons. The number of carbonyl (C=O) groups excluding carboxylic acids is 1. The van der Waals surface area contributed by atoms with Crippen LogP contribution in [-0.4, -0.2) is 98.6 Å². The Labute approximate surface area is 235 Å². The first kappa shape index (κ1) is 42.6. The summed E-state index contributed by atoms with van der Waals surface area (Å²) in [6.07, 6.45) is -10.7. The summed E-state index contributed by atoms with van der Waals surface area (Å²) in [4.78, 5) is 10.7.